The summed E-state index contributed by atoms with van der Waals surface area (Å²) in [5.74, 6) is -0.540. The molecule has 158 valence electrons. The highest BCUT2D eigenvalue weighted by Crippen LogP contribution is 2.17. The van der Waals surface area contributed by atoms with Crippen molar-refractivity contribution in [1.29, 1.82) is 0 Å². The third-order valence-corrected chi connectivity index (χ3v) is 5.26. The van der Waals surface area contributed by atoms with E-state index in [1.54, 1.807) is 34.9 Å². The molecule has 2 heterocycles. The van der Waals surface area contributed by atoms with Crippen LogP contribution in [0.3, 0.4) is 0 Å². The highest BCUT2D eigenvalue weighted by Gasteiger charge is 2.21. The highest BCUT2D eigenvalue weighted by molar-refractivity contribution is 5.99. The van der Waals surface area contributed by atoms with Crippen molar-refractivity contribution in [1.82, 2.24) is 9.55 Å². The molecule has 0 aliphatic carbocycles. The molecule has 0 saturated carbocycles. The largest absolute Gasteiger partial charge is 0.449 e. The van der Waals surface area contributed by atoms with E-state index in [9.17, 15) is 19.2 Å². The van der Waals surface area contributed by atoms with Gasteiger partial charge >= 0.3 is 5.97 Å². The first-order valence-electron chi connectivity index (χ1n) is 10.00. The van der Waals surface area contributed by atoms with Gasteiger partial charge in [-0.1, -0.05) is 0 Å². The monoisotopic (exact) mass is 419 g/mol. The number of aromatic nitrogens is 2. The van der Waals surface area contributed by atoms with Gasteiger partial charge in [0.1, 0.15) is 5.82 Å². The summed E-state index contributed by atoms with van der Waals surface area (Å²) in [6.07, 6.45) is 0.552. The number of Topliss-reactive ketones (excluding diaryl/α,β-unsaturated/α-hetero) is 1. The summed E-state index contributed by atoms with van der Waals surface area (Å²) in [6, 6.07) is 11.0. The minimum absolute atomic E-state index is 0.0716. The molecular weight excluding hydrogens is 398 g/mol. The SMILES string of the molecule is CC(=O)c1ccc(NC(=O)[C@@H](C)OC(=O)c2ccc3c(=O)n4c(nc3c2)CCC4)cc1. The Morgan fingerprint density at radius 2 is 1.81 bits per heavy atom. The number of fused-ring (bicyclic) bond motifs is 2. The molecule has 0 spiro atoms. The second-order valence-corrected chi connectivity index (χ2v) is 7.49. The zero-order chi connectivity index (χ0) is 22.1. The van der Waals surface area contributed by atoms with Crippen LogP contribution in [-0.2, 0) is 22.5 Å². The van der Waals surface area contributed by atoms with Gasteiger partial charge in [0.25, 0.3) is 11.5 Å². The fourth-order valence-corrected chi connectivity index (χ4v) is 3.52. The summed E-state index contributed by atoms with van der Waals surface area (Å²) in [5.41, 5.74) is 1.57. The lowest BCUT2D eigenvalue weighted by Gasteiger charge is -2.14. The van der Waals surface area contributed by atoms with E-state index in [1.165, 1.54) is 26.0 Å². The number of esters is 1. The van der Waals surface area contributed by atoms with Crippen LogP contribution in [0.15, 0.2) is 47.3 Å². The predicted octanol–water partition coefficient (Wildman–Crippen LogP) is 2.73. The van der Waals surface area contributed by atoms with Crippen molar-refractivity contribution in [2.75, 3.05) is 5.32 Å². The van der Waals surface area contributed by atoms with Crippen LogP contribution in [0.1, 0.15) is 46.8 Å². The number of ether oxygens (including phenoxy) is 1. The van der Waals surface area contributed by atoms with E-state index in [0.717, 1.165) is 12.8 Å². The van der Waals surface area contributed by atoms with Crippen molar-refractivity contribution in [3.05, 3.63) is 69.8 Å². The number of nitrogens with one attached hydrogen (secondary N) is 1. The lowest BCUT2D eigenvalue weighted by Crippen LogP contribution is -2.30. The molecule has 1 aliphatic rings. The molecule has 0 fully saturated rings. The van der Waals surface area contributed by atoms with E-state index in [2.05, 4.69) is 10.3 Å². The number of ketones is 1. The quantitative estimate of drug-likeness (QED) is 0.503. The van der Waals surface area contributed by atoms with Crippen LogP contribution in [0.25, 0.3) is 10.9 Å². The van der Waals surface area contributed by atoms with Crippen LogP contribution in [0.5, 0.6) is 0 Å². The van der Waals surface area contributed by atoms with Gasteiger partial charge in [-0.25, -0.2) is 9.78 Å². The molecule has 8 nitrogen and oxygen atoms in total. The zero-order valence-corrected chi connectivity index (χ0v) is 17.2. The first-order chi connectivity index (χ1) is 14.8. The molecule has 1 aromatic heterocycles. The van der Waals surface area contributed by atoms with Crippen molar-refractivity contribution < 1.29 is 19.1 Å². The zero-order valence-electron chi connectivity index (χ0n) is 17.2. The molecule has 4 rings (SSSR count). The maximum atomic E-state index is 12.5. The fraction of sp³-hybridized carbons (Fsp3) is 0.261. The molecule has 8 heteroatoms. The van der Waals surface area contributed by atoms with Crippen LogP contribution in [0.2, 0.25) is 0 Å². The van der Waals surface area contributed by atoms with Crippen LogP contribution < -0.4 is 10.9 Å². The predicted molar refractivity (Wildman–Crippen MR) is 114 cm³/mol. The summed E-state index contributed by atoms with van der Waals surface area (Å²) in [4.78, 5) is 53.3. The topological polar surface area (TPSA) is 107 Å². The molecule has 0 radical (unpaired) electrons. The summed E-state index contributed by atoms with van der Waals surface area (Å²) >= 11 is 0. The maximum Gasteiger partial charge on any atom is 0.338 e. The molecule has 1 N–H and O–H groups in total. The summed E-state index contributed by atoms with van der Waals surface area (Å²) in [6.45, 7) is 3.59. The summed E-state index contributed by atoms with van der Waals surface area (Å²) < 4.78 is 6.95. The van der Waals surface area contributed by atoms with Crippen molar-refractivity contribution in [2.45, 2.75) is 39.3 Å². The number of carbonyl (C=O) groups excluding carboxylic acids is 3. The Kier molecular flexibility index (Phi) is 5.37. The molecule has 1 amide bonds. The van der Waals surface area contributed by atoms with Crippen molar-refractivity contribution in [3.8, 4) is 0 Å². The lowest BCUT2D eigenvalue weighted by molar-refractivity contribution is -0.123. The Bertz CT molecular complexity index is 1260. The molecule has 2 aromatic carbocycles. The Morgan fingerprint density at radius 3 is 2.52 bits per heavy atom. The number of aryl methyl sites for hydroxylation is 1. The number of rotatable bonds is 5. The van der Waals surface area contributed by atoms with Crippen molar-refractivity contribution >= 4 is 34.3 Å². The number of nitrogens with zero attached hydrogens (tertiary/aromatic N) is 2. The number of benzene rings is 2. The van der Waals surface area contributed by atoms with Gasteiger partial charge in [-0.05, 0) is 62.7 Å². The van der Waals surface area contributed by atoms with Gasteiger partial charge in [0.05, 0.1) is 16.5 Å². The number of carbonyl (C=O) groups is 3. The van der Waals surface area contributed by atoms with E-state index in [0.29, 0.717) is 34.5 Å². The molecule has 0 bridgehead atoms. The third kappa shape index (κ3) is 4.09. The molecule has 1 atom stereocenters. The second kappa shape index (κ2) is 8.14. The van der Waals surface area contributed by atoms with E-state index < -0.39 is 18.0 Å². The number of amides is 1. The van der Waals surface area contributed by atoms with Gasteiger partial charge in [-0.3, -0.25) is 19.0 Å². The van der Waals surface area contributed by atoms with Gasteiger partial charge < -0.3 is 10.1 Å². The molecule has 3 aromatic rings. The summed E-state index contributed by atoms with van der Waals surface area (Å²) in [7, 11) is 0. The number of hydrogen-bond donors (Lipinski definition) is 1. The molecule has 31 heavy (non-hydrogen) atoms. The van der Waals surface area contributed by atoms with Gasteiger partial charge in [0.2, 0.25) is 0 Å². The van der Waals surface area contributed by atoms with Gasteiger partial charge in [-0.2, -0.15) is 0 Å². The molecular formula is C23H21N3O5. The van der Waals surface area contributed by atoms with E-state index in [1.807, 2.05) is 0 Å². The van der Waals surface area contributed by atoms with Crippen LogP contribution in [0, 0.1) is 0 Å². The Balaban J connectivity index is 1.46. The normalized spacial score (nSPS) is 13.5. The molecule has 0 saturated heterocycles. The fourth-order valence-electron chi connectivity index (χ4n) is 3.52. The van der Waals surface area contributed by atoms with Gasteiger partial charge in [0.15, 0.2) is 11.9 Å². The van der Waals surface area contributed by atoms with E-state index in [4.69, 9.17) is 4.74 Å². The van der Waals surface area contributed by atoms with Crippen molar-refractivity contribution in [3.63, 3.8) is 0 Å². The highest BCUT2D eigenvalue weighted by atomic mass is 16.5. The Hall–Kier alpha value is -3.81. The number of hydrogen-bond acceptors (Lipinski definition) is 6. The van der Waals surface area contributed by atoms with Crippen LogP contribution >= 0.6 is 0 Å². The maximum absolute atomic E-state index is 12.5. The van der Waals surface area contributed by atoms with Gasteiger partial charge in [0, 0.05) is 24.2 Å². The van der Waals surface area contributed by atoms with E-state index in [-0.39, 0.29) is 16.9 Å². The Morgan fingerprint density at radius 1 is 1.10 bits per heavy atom. The van der Waals surface area contributed by atoms with E-state index >= 15 is 0 Å². The number of anilines is 1. The first-order valence-corrected chi connectivity index (χ1v) is 10.00. The lowest BCUT2D eigenvalue weighted by atomic mass is 10.1. The second-order valence-electron chi connectivity index (χ2n) is 7.49. The molecule has 1 aliphatic heterocycles. The standard InChI is InChI=1S/C23H21N3O5/c1-13(27)15-5-8-17(9-6-15)24-21(28)14(2)31-23(30)16-7-10-18-19(12-16)25-20-4-3-11-26(20)22(18)29/h5-10,12,14H,3-4,11H2,1-2H3,(H,24,28)/t14-/m1/s1. The third-order valence-electron chi connectivity index (χ3n) is 5.26. The average molecular weight is 419 g/mol. The van der Waals surface area contributed by atoms with Crippen LogP contribution in [-0.4, -0.2) is 33.3 Å². The smallest absolute Gasteiger partial charge is 0.338 e. The minimum atomic E-state index is -1.05. The minimum Gasteiger partial charge on any atom is -0.449 e. The molecule has 0 unspecified atom stereocenters. The summed E-state index contributed by atoms with van der Waals surface area (Å²) in [5, 5.41) is 3.09. The first kappa shape index (κ1) is 20.5. The van der Waals surface area contributed by atoms with Crippen molar-refractivity contribution in [2.24, 2.45) is 0 Å². The Labute approximate surface area is 177 Å². The average Bonchev–Trinajstić information content (AvgIpc) is 3.22. The van der Waals surface area contributed by atoms with Gasteiger partial charge in [-0.15, -0.1) is 0 Å². The van der Waals surface area contributed by atoms with Crippen LogP contribution in [0.4, 0.5) is 5.69 Å².